The Kier molecular flexibility index (Phi) is 7.69. The zero-order valence-electron chi connectivity index (χ0n) is 18.1. The van der Waals surface area contributed by atoms with Gasteiger partial charge in [0.25, 0.3) is 5.91 Å². The molecule has 0 aliphatic heterocycles. The maximum absolute atomic E-state index is 12.7. The number of ether oxygens (including phenoxy) is 1. The summed E-state index contributed by atoms with van der Waals surface area (Å²) in [6.45, 7) is 0.675. The molecule has 0 bridgehead atoms. The van der Waals surface area contributed by atoms with Crippen molar-refractivity contribution in [3.8, 4) is 11.8 Å². The van der Waals surface area contributed by atoms with Crippen LogP contribution in [0.4, 0.5) is 0 Å². The smallest absolute Gasteiger partial charge is 0.261 e. The highest BCUT2D eigenvalue weighted by atomic mass is 79.9. The van der Waals surface area contributed by atoms with Gasteiger partial charge in [-0.05, 0) is 48.4 Å². The molecule has 7 heteroatoms. The van der Waals surface area contributed by atoms with Crippen LogP contribution in [0.15, 0.2) is 83.0 Å². The molecule has 4 rings (SSSR count). The lowest BCUT2D eigenvalue weighted by Gasteiger charge is -2.11. The molecular weight excluding hydrogens is 514 g/mol. The normalized spacial score (nSPS) is 11.3. The Bertz CT molecular complexity index is 1400. The molecule has 0 aliphatic rings. The molecule has 0 spiro atoms. The van der Waals surface area contributed by atoms with E-state index in [9.17, 15) is 10.1 Å². The Morgan fingerprint density at radius 2 is 1.91 bits per heavy atom. The van der Waals surface area contributed by atoms with E-state index >= 15 is 0 Å². The first-order valence-corrected chi connectivity index (χ1v) is 11.8. The number of para-hydroxylation sites is 1. The van der Waals surface area contributed by atoms with E-state index in [1.54, 1.807) is 18.2 Å². The van der Waals surface area contributed by atoms with Crippen molar-refractivity contribution in [3.63, 3.8) is 0 Å². The van der Waals surface area contributed by atoms with Crippen LogP contribution in [-0.2, 0) is 17.8 Å². The van der Waals surface area contributed by atoms with Crippen molar-refractivity contribution < 1.29 is 9.53 Å². The molecule has 5 nitrogen and oxygen atoms in total. The second kappa shape index (κ2) is 11.1. The number of nitrogens with zero attached hydrogens (tertiary/aromatic N) is 1. The average Bonchev–Trinajstić information content (AvgIpc) is 3.26. The first-order chi connectivity index (χ1) is 16.5. The summed E-state index contributed by atoms with van der Waals surface area (Å²) in [7, 11) is 0. The van der Waals surface area contributed by atoms with Gasteiger partial charge in [0, 0.05) is 44.3 Å². The lowest BCUT2D eigenvalue weighted by atomic mass is 10.1. The summed E-state index contributed by atoms with van der Waals surface area (Å²) in [5.41, 5.74) is 3.63. The molecule has 0 fully saturated rings. The van der Waals surface area contributed by atoms with Crippen LogP contribution in [0.2, 0.25) is 5.02 Å². The Balaban J connectivity index is 1.45. The minimum atomic E-state index is -0.431. The summed E-state index contributed by atoms with van der Waals surface area (Å²) >= 11 is 9.67. The molecule has 2 N–H and O–H groups in total. The average molecular weight is 535 g/mol. The van der Waals surface area contributed by atoms with Crippen LogP contribution in [0.5, 0.6) is 5.75 Å². The van der Waals surface area contributed by atoms with Gasteiger partial charge in [0.15, 0.2) is 0 Å². The number of H-pyrrole nitrogens is 1. The van der Waals surface area contributed by atoms with Gasteiger partial charge in [0.1, 0.15) is 24.0 Å². The molecule has 1 aromatic heterocycles. The van der Waals surface area contributed by atoms with Crippen LogP contribution in [0.3, 0.4) is 0 Å². The highest BCUT2D eigenvalue weighted by molar-refractivity contribution is 9.10. The summed E-state index contributed by atoms with van der Waals surface area (Å²) in [6.07, 6.45) is 4.13. The third-order valence-corrected chi connectivity index (χ3v) is 6.19. The number of amides is 1. The standard InChI is InChI=1S/C27H21BrClN3O2/c28-22-9-10-26(34-17-19-5-1-3-7-24(19)29)20(14-22)13-21(15-30)27(33)31-12-11-18-16-32-25-8-4-2-6-23(18)25/h1-10,13-14,16,32H,11-12,17H2,(H,31,33)/b21-13-. The fourth-order valence-electron chi connectivity index (χ4n) is 3.58. The maximum Gasteiger partial charge on any atom is 0.261 e. The highest BCUT2D eigenvalue weighted by Crippen LogP contribution is 2.27. The van der Waals surface area contributed by atoms with Crippen molar-refractivity contribution in [2.24, 2.45) is 0 Å². The molecule has 34 heavy (non-hydrogen) atoms. The van der Waals surface area contributed by atoms with E-state index in [4.69, 9.17) is 16.3 Å². The van der Waals surface area contributed by atoms with Crippen molar-refractivity contribution in [2.45, 2.75) is 13.0 Å². The number of carbonyl (C=O) groups is 1. The van der Waals surface area contributed by atoms with Crippen LogP contribution in [0.25, 0.3) is 17.0 Å². The van der Waals surface area contributed by atoms with Crippen molar-refractivity contribution in [1.29, 1.82) is 5.26 Å². The van der Waals surface area contributed by atoms with Crippen molar-refractivity contribution >= 4 is 50.4 Å². The van der Waals surface area contributed by atoms with Gasteiger partial charge in [0.2, 0.25) is 0 Å². The van der Waals surface area contributed by atoms with E-state index in [2.05, 4.69) is 26.2 Å². The van der Waals surface area contributed by atoms with Gasteiger partial charge >= 0.3 is 0 Å². The molecule has 0 radical (unpaired) electrons. The molecule has 170 valence electrons. The third-order valence-electron chi connectivity index (χ3n) is 5.33. The molecule has 4 aromatic rings. The lowest BCUT2D eigenvalue weighted by molar-refractivity contribution is -0.117. The minimum Gasteiger partial charge on any atom is -0.488 e. The van der Waals surface area contributed by atoms with Crippen LogP contribution in [-0.4, -0.2) is 17.4 Å². The number of nitrogens with one attached hydrogen (secondary N) is 2. The molecule has 1 amide bonds. The van der Waals surface area contributed by atoms with Crippen LogP contribution in [0.1, 0.15) is 16.7 Å². The number of benzene rings is 3. The fourth-order valence-corrected chi connectivity index (χ4v) is 4.15. The van der Waals surface area contributed by atoms with Crippen LogP contribution in [0, 0.1) is 11.3 Å². The van der Waals surface area contributed by atoms with Crippen molar-refractivity contribution in [2.75, 3.05) is 6.54 Å². The quantitative estimate of drug-likeness (QED) is 0.202. The highest BCUT2D eigenvalue weighted by Gasteiger charge is 2.12. The van der Waals surface area contributed by atoms with E-state index in [0.717, 1.165) is 26.5 Å². The zero-order chi connectivity index (χ0) is 23.9. The van der Waals surface area contributed by atoms with Crippen molar-refractivity contribution in [3.05, 3.63) is 105 Å². The van der Waals surface area contributed by atoms with E-state index in [0.29, 0.717) is 29.3 Å². The lowest BCUT2D eigenvalue weighted by Crippen LogP contribution is -2.26. The zero-order valence-corrected chi connectivity index (χ0v) is 20.5. The summed E-state index contributed by atoms with van der Waals surface area (Å²) in [5, 5.41) is 14.2. The largest absolute Gasteiger partial charge is 0.488 e. The molecule has 1 heterocycles. The van der Waals surface area contributed by atoms with Gasteiger partial charge in [-0.2, -0.15) is 5.26 Å². The topological polar surface area (TPSA) is 77.9 Å². The van der Waals surface area contributed by atoms with Gasteiger partial charge < -0.3 is 15.0 Å². The monoisotopic (exact) mass is 533 g/mol. The number of hydrogen-bond donors (Lipinski definition) is 2. The molecular formula is C27H21BrClN3O2. The number of halogens is 2. The van der Waals surface area contributed by atoms with Gasteiger partial charge in [-0.25, -0.2) is 0 Å². The first-order valence-electron chi connectivity index (χ1n) is 10.7. The Labute approximate surface area is 211 Å². The number of fused-ring (bicyclic) bond motifs is 1. The Morgan fingerprint density at radius 3 is 2.74 bits per heavy atom. The van der Waals surface area contributed by atoms with Gasteiger partial charge in [-0.15, -0.1) is 0 Å². The van der Waals surface area contributed by atoms with Crippen LogP contribution >= 0.6 is 27.5 Å². The Morgan fingerprint density at radius 1 is 1.12 bits per heavy atom. The van der Waals surface area contributed by atoms with Gasteiger partial charge in [-0.1, -0.05) is 63.9 Å². The predicted molar refractivity (Wildman–Crippen MR) is 139 cm³/mol. The van der Waals surface area contributed by atoms with E-state index in [1.807, 2.05) is 60.8 Å². The fraction of sp³-hybridized carbons (Fsp3) is 0.111. The number of carbonyl (C=O) groups excluding carboxylic acids is 1. The van der Waals surface area contributed by atoms with Crippen LogP contribution < -0.4 is 10.1 Å². The number of aromatic amines is 1. The second-order valence-electron chi connectivity index (χ2n) is 7.60. The number of nitriles is 1. The minimum absolute atomic E-state index is 0.000352. The molecule has 3 aromatic carbocycles. The second-order valence-corrected chi connectivity index (χ2v) is 8.92. The van der Waals surface area contributed by atoms with Crippen molar-refractivity contribution in [1.82, 2.24) is 10.3 Å². The SMILES string of the molecule is N#C/C(=C/c1cc(Br)ccc1OCc1ccccc1Cl)C(=O)NCCc1c[nH]c2ccccc12. The Hall–Kier alpha value is -3.53. The van der Waals surface area contributed by atoms with E-state index < -0.39 is 5.91 Å². The summed E-state index contributed by atoms with van der Waals surface area (Å²) in [6, 6.07) is 22.9. The van der Waals surface area contributed by atoms with E-state index in [1.165, 1.54) is 6.08 Å². The molecule has 0 aliphatic carbocycles. The predicted octanol–water partition coefficient (Wildman–Crippen LogP) is 6.43. The molecule has 0 saturated carbocycles. The summed E-state index contributed by atoms with van der Waals surface area (Å²) in [5.74, 6) is 0.113. The number of aromatic nitrogens is 1. The number of rotatable bonds is 8. The number of hydrogen-bond acceptors (Lipinski definition) is 3. The summed E-state index contributed by atoms with van der Waals surface area (Å²) < 4.78 is 6.77. The van der Waals surface area contributed by atoms with Gasteiger partial charge in [-0.3, -0.25) is 4.79 Å². The maximum atomic E-state index is 12.7. The molecule has 0 unspecified atom stereocenters. The molecule has 0 atom stereocenters. The van der Waals surface area contributed by atoms with E-state index in [-0.39, 0.29) is 12.2 Å². The van der Waals surface area contributed by atoms with Gasteiger partial charge in [0.05, 0.1) is 0 Å². The molecule has 0 saturated heterocycles. The third kappa shape index (κ3) is 5.69. The first kappa shape index (κ1) is 23.6. The summed E-state index contributed by atoms with van der Waals surface area (Å²) in [4.78, 5) is 15.9.